The Kier molecular flexibility index (Phi) is 5.64. The monoisotopic (exact) mass is 406 g/mol. The zero-order valence-corrected chi connectivity index (χ0v) is 17.5. The molecule has 2 aliphatic rings. The first-order valence-corrected chi connectivity index (χ1v) is 11.2. The number of hydrogen-bond acceptors (Lipinski definition) is 6. The van der Waals surface area contributed by atoms with E-state index in [-0.39, 0.29) is 5.54 Å². The lowest BCUT2D eigenvalue weighted by Gasteiger charge is -2.46. The standard InChI is InChI=1S/C23H30N6O/c1-2-7-11-23(10-6-1,28-12-14-30-15-13-28)17-24-21-16-20(19-8-4-3-5-9-19)27-29-18-25-26-22(21)29/h3-5,8-9,16,18,24H,1-2,6-7,10-15,17H2. The number of fused-ring (bicyclic) bond motifs is 1. The van der Waals surface area contributed by atoms with Crippen molar-refractivity contribution in [1.29, 1.82) is 0 Å². The van der Waals surface area contributed by atoms with Gasteiger partial charge in [-0.2, -0.15) is 9.61 Å². The number of aromatic nitrogens is 4. The van der Waals surface area contributed by atoms with E-state index >= 15 is 0 Å². The van der Waals surface area contributed by atoms with Crippen LogP contribution < -0.4 is 5.32 Å². The van der Waals surface area contributed by atoms with Gasteiger partial charge in [0.15, 0.2) is 0 Å². The van der Waals surface area contributed by atoms with Crippen molar-refractivity contribution < 1.29 is 4.74 Å². The normalized spacial score (nSPS) is 20.1. The maximum atomic E-state index is 5.65. The van der Waals surface area contributed by atoms with E-state index in [4.69, 9.17) is 9.84 Å². The molecule has 1 aliphatic heterocycles. The van der Waals surface area contributed by atoms with Crippen LogP contribution in [0.25, 0.3) is 16.9 Å². The first-order chi connectivity index (χ1) is 14.8. The van der Waals surface area contributed by atoms with Crippen LogP contribution in [0.5, 0.6) is 0 Å². The zero-order valence-electron chi connectivity index (χ0n) is 17.5. The maximum Gasteiger partial charge on any atom is 0.200 e. The van der Waals surface area contributed by atoms with Crippen molar-refractivity contribution >= 4 is 11.3 Å². The van der Waals surface area contributed by atoms with Gasteiger partial charge in [-0.1, -0.05) is 56.0 Å². The van der Waals surface area contributed by atoms with Gasteiger partial charge >= 0.3 is 0 Å². The molecule has 1 N–H and O–H groups in total. The van der Waals surface area contributed by atoms with Crippen molar-refractivity contribution in [3.05, 3.63) is 42.7 Å². The molecule has 2 aromatic heterocycles. The van der Waals surface area contributed by atoms with Crippen LogP contribution in [0, 0.1) is 0 Å². The number of anilines is 1. The Balaban J connectivity index is 1.45. The van der Waals surface area contributed by atoms with Gasteiger partial charge in [-0.05, 0) is 18.9 Å². The lowest BCUT2D eigenvalue weighted by atomic mass is 9.87. The van der Waals surface area contributed by atoms with Crippen molar-refractivity contribution in [2.75, 3.05) is 38.2 Å². The summed E-state index contributed by atoms with van der Waals surface area (Å²) >= 11 is 0. The number of rotatable bonds is 5. The number of hydrogen-bond donors (Lipinski definition) is 1. The molecule has 0 spiro atoms. The Bertz CT molecular complexity index is 958. The molecule has 1 aliphatic carbocycles. The maximum absolute atomic E-state index is 5.65. The third-order valence-electron chi connectivity index (χ3n) is 6.66. The van der Waals surface area contributed by atoms with E-state index in [0.29, 0.717) is 0 Å². The highest BCUT2D eigenvalue weighted by Crippen LogP contribution is 2.34. The number of nitrogens with zero attached hydrogens (tertiary/aromatic N) is 5. The minimum atomic E-state index is 0.174. The van der Waals surface area contributed by atoms with Crippen LogP contribution in [0.15, 0.2) is 42.7 Å². The Morgan fingerprint density at radius 2 is 1.77 bits per heavy atom. The van der Waals surface area contributed by atoms with Crippen LogP contribution in [0.1, 0.15) is 38.5 Å². The minimum Gasteiger partial charge on any atom is -0.380 e. The third-order valence-corrected chi connectivity index (χ3v) is 6.66. The molecule has 0 radical (unpaired) electrons. The molecule has 0 unspecified atom stereocenters. The molecule has 3 heterocycles. The molecule has 0 atom stereocenters. The van der Waals surface area contributed by atoms with Crippen molar-refractivity contribution in [3.8, 4) is 11.3 Å². The Labute approximate surface area is 177 Å². The number of nitrogens with one attached hydrogen (secondary N) is 1. The van der Waals surface area contributed by atoms with E-state index in [1.165, 1.54) is 38.5 Å². The number of morpholine rings is 1. The molecule has 7 nitrogen and oxygen atoms in total. The number of benzene rings is 1. The molecule has 5 rings (SSSR count). The van der Waals surface area contributed by atoms with Gasteiger partial charge in [0.05, 0.1) is 24.6 Å². The van der Waals surface area contributed by atoms with Gasteiger partial charge in [-0.3, -0.25) is 4.90 Å². The molecule has 7 heteroatoms. The predicted molar refractivity (Wildman–Crippen MR) is 118 cm³/mol. The highest BCUT2D eigenvalue weighted by Gasteiger charge is 2.37. The third kappa shape index (κ3) is 3.91. The molecule has 3 aromatic rings. The quantitative estimate of drug-likeness (QED) is 0.653. The van der Waals surface area contributed by atoms with Gasteiger partial charge < -0.3 is 10.1 Å². The summed E-state index contributed by atoms with van der Waals surface area (Å²) in [4.78, 5) is 2.68. The smallest absolute Gasteiger partial charge is 0.200 e. The van der Waals surface area contributed by atoms with Gasteiger partial charge in [0.2, 0.25) is 5.65 Å². The molecule has 1 aromatic carbocycles. The average molecular weight is 407 g/mol. The Morgan fingerprint density at radius 1 is 1.00 bits per heavy atom. The van der Waals surface area contributed by atoms with E-state index in [2.05, 4.69) is 38.6 Å². The van der Waals surface area contributed by atoms with E-state index in [1.54, 1.807) is 10.8 Å². The molecule has 0 bridgehead atoms. The first-order valence-electron chi connectivity index (χ1n) is 11.2. The lowest BCUT2D eigenvalue weighted by molar-refractivity contribution is -0.0240. The van der Waals surface area contributed by atoms with Crippen LogP contribution in [0.4, 0.5) is 5.69 Å². The molecule has 30 heavy (non-hydrogen) atoms. The molecular weight excluding hydrogens is 376 g/mol. The highest BCUT2D eigenvalue weighted by atomic mass is 16.5. The van der Waals surface area contributed by atoms with Crippen molar-refractivity contribution in [1.82, 2.24) is 24.7 Å². The van der Waals surface area contributed by atoms with Gasteiger partial charge in [0, 0.05) is 30.7 Å². The molecule has 0 amide bonds. The lowest BCUT2D eigenvalue weighted by Crippen LogP contribution is -2.56. The fourth-order valence-electron chi connectivity index (χ4n) is 5.00. The largest absolute Gasteiger partial charge is 0.380 e. The Morgan fingerprint density at radius 3 is 2.53 bits per heavy atom. The fourth-order valence-corrected chi connectivity index (χ4v) is 5.00. The van der Waals surface area contributed by atoms with Crippen LogP contribution in [-0.4, -0.2) is 63.1 Å². The van der Waals surface area contributed by atoms with Crippen LogP contribution in [0.2, 0.25) is 0 Å². The van der Waals surface area contributed by atoms with Gasteiger partial charge in [-0.15, -0.1) is 10.2 Å². The summed E-state index contributed by atoms with van der Waals surface area (Å²) in [6, 6.07) is 12.4. The van der Waals surface area contributed by atoms with Crippen molar-refractivity contribution in [2.24, 2.45) is 0 Å². The summed E-state index contributed by atoms with van der Waals surface area (Å²) in [5.74, 6) is 0. The van der Waals surface area contributed by atoms with Crippen LogP contribution in [0.3, 0.4) is 0 Å². The second kappa shape index (κ2) is 8.70. The molecule has 158 valence electrons. The second-order valence-electron chi connectivity index (χ2n) is 8.50. The number of ether oxygens (including phenoxy) is 1. The van der Waals surface area contributed by atoms with E-state index in [0.717, 1.165) is 55.4 Å². The van der Waals surface area contributed by atoms with Gasteiger partial charge in [-0.25, -0.2) is 0 Å². The van der Waals surface area contributed by atoms with Crippen molar-refractivity contribution in [3.63, 3.8) is 0 Å². The molecule has 2 fully saturated rings. The topological polar surface area (TPSA) is 67.6 Å². The summed E-state index contributed by atoms with van der Waals surface area (Å²) in [6.45, 7) is 4.63. The first kappa shape index (κ1) is 19.5. The molecule has 1 saturated heterocycles. The van der Waals surface area contributed by atoms with E-state index in [9.17, 15) is 0 Å². The van der Waals surface area contributed by atoms with Crippen molar-refractivity contribution in [2.45, 2.75) is 44.1 Å². The van der Waals surface area contributed by atoms with E-state index < -0.39 is 0 Å². The minimum absolute atomic E-state index is 0.174. The van der Waals surface area contributed by atoms with Crippen LogP contribution >= 0.6 is 0 Å². The van der Waals surface area contributed by atoms with E-state index in [1.807, 2.05) is 18.2 Å². The fraction of sp³-hybridized carbons (Fsp3) is 0.522. The zero-order chi connectivity index (χ0) is 20.2. The second-order valence-corrected chi connectivity index (χ2v) is 8.50. The SMILES string of the molecule is c1ccc(-c2cc(NCC3(N4CCOCC4)CCCCCC3)c3nncn3n2)cc1. The van der Waals surface area contributed by atoms with Gasteiger partial charge in [0.1, 0.15) is 6.33 Å². The summed E-state index contributed by atoms with van der Waals surface area (Å²) < 4.78 is 7.43. The molecular formula is C23H30N6O. The summed E-state index contributed by atoms with van der Waals surface area (Å²) in [6.07, 6.45) is 9.42. The Hall–Kier alpha value is -2.51. The predicted octanol–water partition coefficient (Wildman–Crippen LogP) is 3.63. The average Bonchev–Trinajstić information content (AvgIpc) is 3.16. The van der Waals surface area contributed by atoms with Gasteiger partial charge in [0.25, 0.3) is 0 Å². The summed E-state index contributed by atoms with van der Waals surface area (Å²) in [5.41, 5.74) is 3.96. The summed E-state index contributed by atoms with van der Waals surface area (Å²) in [5, 5.41) is 16.9. The van der Waals surface area contributed by atoms with Crippen LogP contribution in [-0.2, 0) is 4.74 Å². The summed E-state index contributed by atoms with van der Waals surface area (Å²) in [7, 11) is 0. The highest BCUT2D eigenvalue weighted by molar-refractivity contribution is 5.73. The molecule has 1 saturated carbocycles.